The van der Waals surface area contributed by atoms with Crippen molar-refractivity contribution in [2.75, 3.05) is 0 Å². The Hall–Kier alpha value is -2.25. The van der Waals surface area contributed by atoms with E-state index in [0.29, 0.717) is 10.8 Å². The minimum absolute atomic E-state index is 0.624. The first-order chi connectivity index (χ1) is 10.2. The molecule has 4 aromatic rings. The van der Waals surface area contributed by atoms with Crippen molar-refractivity contribution in [1.82, 2.24) is 30.0 Å². The van der Waals surface area contributed by atoms with Gasteiger partial charge in [0.2, 0.25) is 10.8 Å². The van der Waals surface area contributed by atoms with Gasteiger partial charge in [0.15, 0.2) is 0 Å². The van der Waals surface area contributed by atoms with Gasteiger partial charge in [-0.3, -0.25) is 5.10 Å². The molecule has 0 saturated heterocycles. The van der Waals surface area contributed by atoms with Gasteiger partial charge in [-0.25, -0.2) is 0 Å². The van der Waals surface area contributed by atoms with E-state index in [1.807, 2.05) is 37.3 Å². The van der Waals surface area contributed by atoms with E-state index in [1.54, 1.807) is 4.52 Å². The van der Waals surface area contributed by atoms with Crippen LogP contribution in [0.1, 0.15) is 5.69 Å². The summed E-state index contributed by atoms with van der Waals surface area (Å²) in [5.41, 5.74) is 2.65. The first-order valence-electron chi connectivity index (χ1n) is 6.21. The van der Waals surface area contributed by atoms with E-state index in [0.717, 1.165) is 26.9 Å². The predicted molar refractivity (Wildman–Crippen MR) is 81.4 cm³/mol. The number of H-pyrrole nitrogens is 1. The Bertz CT molecular complexity index is 937. The third-order valence-electron chi connectivity index (χ3n) is 3.00. The van der Waals surface area contributed by atoms with Crippen LogP contribution in [0.25, 0.3) is 27.1 Å². The van der Waals surface area contributed by atoms with Gasteiger partial charge in [-0.1, -0.05) is 35.1 Å². The van der Waals surface area contributed by atoms with Crippen LogP contribution in [0, 0.1) is 6.92 Å². The summed E-state index contributed by atoms with van der Waals surface area (Å²) >= 11 is 7.49. The third-order valence-corrected chi connectivity index (χ3v) is 4.18. The Labute approximate surface area is 128 Å². The molecule has 3 aromatic heterocycles. The van der Waals surface area contributed by atoms with Crippen LogP contribution >= 0.6 is 22.9 Å². The summed E-state index contributed by atoms with van der Waals surface area (Å²) in [5, 5.41) is 21.5. The first-order valence-corrected chi connectivity index (χ1v) is 7.41. The molecule has 3 heterocycles. The molecule has 0 spiro atoms. The molecule has 0 radical (unpaired) electrons. The predicted octanol–water partition coefficient (Wildman–Crippen LogP) is 3.20. The molecule has 1 aromatic carbocycles. The minimum atomic E-state index is 0.624. The zero-order chi connectivity index (χ0) is 14.4. The number of nitrogens with one attached hydrogen (secondary N) is 1. The van der Waals surface area contributed by atoms with E-state index in [9.17, 15) is 0 Å². The van der Waals surface area contributed by atoms with Gasteiger partial charge in [0.05, 0.1) is 0 Å². The number of aromatic amines is 1. The lowest BCUT2D eigenvalue weighted by molar-refractivity contribution is 0.952. The van der Waals surface area contributed by atoms with Crippen LogP contribution in [0.3, 0.4) is 0 Å². The zero-order valence-electron chi connectivity index (χ0n) is 10.9. The van der Waals surface area contributed by atoms with E-state index in [4.69, 9.17) is 11.6 Å². The normalized spacial score (nSPS) is 11.3. The molecule has 1 N–H and O–H groups in total. The highest BCUT2D eigenvalue weighted by atomic mass is 35.5. The molecule has 0 unspecified atom stereocenters. The summed E-state index contributed by atoms with van der Waals surface area (Å²) in [6.07, 6.45) is 0. The van der Waals surface area contributed by atoms with Crippen LogP contribution in [-0.4, -0.2) is 30.0 Å². The van der Waals surface area contributed by atoms with Crippen molar-refractivity contribution in [1.29, 1.82) is 0 Å². The van der Waals surface area contributed by atoms with E-state index in [2.05, 4.69) is 25.5 Å². The Kier molecular flexibility index (Phi) is 2.76. The Morgan fingerprint density at radius 3 is 2.90 bits per heavy atom. The third kappa shape index (κ3) is 2.10. The van der Waals surface area contributed by atoms with Crippen LogP contribution < -0.4 is 0 Å². The number of benzene rings is 1. The number of nitrogens with zero attached hydrogens (tertiary/aromatic N) is 5. The Balaban J connectivity index is 1.86. The van der Waals surface area contributed by atoms with Crippen molar-refractivity contribution in [3.63, 3.8) is 0 Å². The van der Waals surface area contributed by atoms with Crippen LogP contribution in [-0.2, 0) is 0 Å². The standard InChI is InChI=1S/C13H9ClN6S/c1-7-5-10(16-15-7)11-17-18-13-20(11)19-12(21-13)8-3-2-4-9(14)6-8/h2-6H,1H3,(H,15,16). The number of aromatic nitrogens is 6. The first kappa shape index (κ1) is 12.5. The highest BCUT2D eigenvalue weighted by Gasteiger charge is 2.16. The van der Waals surface area contributed by atoms with E-state index in [1.165, 1.54) is 11.3 Å². The maximum absolute atomic E-state index is 6.03. The number of hydrogen-bond donors (Lipinski definition) is 1. The fourth-order valence-electron chi connectivity index (χ4n) is 2.05. The molecule has 0 atom stereocenters. The lowest BCUT2D eigenvalue weighted by Gasteiger charge is -1.95. The summed E-state index contributed by atoms with van der Waals surface area (Å²) < 4.78 is 1.70. The summed E-state index contributed by atoms with van der Waals surface area (Å²) in [7, 11) is 0. The molecular formula is C13H9ClN6S. The highest BCUT2D eigenvalue weighted by molar-refractivity contribution is 7.19. The van der Waals surface area contributed by atoms with Gasteiger partial charge in [-0.05, 0) is 25.1 Å². The number of aryl methyl sites for hydroxylation is 1. The fraction of sp³-hybridized carbons (Fsp3) is 0.0769. The molecule has 0 aliphatic carbocycles. The van der Waals surface area contributed by atoms with Gasteiger partial charge in [0.25, 0.3) is 0 Å². The fourth-order valence-corrected chi connectivity index (χ4v) is 3.07. The van der Waals surface area contributed by atoms with Gasteiger partial charge >= 0.3 is 0 Å². The molecule has 8 heteroatoms. The van der Waals surface area contributed by atoms with Gasteiger partial charge in [0, 0.05) is 16.3 Å². The SMILES string of the molecule is Cc1cc(-c2nnc3sc(-c4cccc(Cl)c4)nn23)n[nH]1. The molecule has 4 rings (SSSR count). The van der Waals surface area contributed by atoms with Crippen LogP contribution in [0.5, 0.6) is 0 Å². The topological polar surface area (TPSA) is 71.8 Å². The summed E-state index contributed by atoms with van der Waals surface area (Å²) in [6, 6.07) is 9.50. The number of fused-ring (bicyclic) bond motifs is 1. The average Bonchev–Trinajstić information content (AvgIpc) is 3.13. The lowest BCUT2D eigenvalue weighted by atomic mass is 10.2. The number of hydrogen-bond acceptors (Lipinski definition) is 5. The highest BCUT2D eigenvalue weighted by Crippen LogP contribution is 2.28. The number of halogens is 1. The van der Waals surface area contributed by atoms with Crippen LogP contribution in [0.4, 0.5) is 0 Å². The molecule has 0 bridgehead atoms. The number of rotatable bonds is 2. The summed E-state index contributed by atoms with van der Waals surface area (Å²) in [5.74, 6) is 0.624. The van der Waals surface area contributed by atoms with Gasteiger partial charge in [0.1, 0.15) is 10.7 Å². The minimum Gasteiger partial charge on any atom is -0.282 e. The maximum atomic E-state index is 6.03. The Morgan fingerprint density at radius 1 is 1.24 bits per heavy atom. The van der Waals surface area contributed by atoms with Crippen molar-refractivity contribution >= 4 is 27.9 Å². The van der Waals surface area contributed by atoms with E-state index in [-0.39, 0.29) is 0 Å². The second kappa shape index (κ2) is 4.64. The van der Waals surface area contributed by atoms with Gasteiger partial charge in [-0.2, -0.15) is 14.7 Å². The molecule has 0 saturated carbocycles. The van der Waals surface area contributed by atoms with Crippen molar-refractivity contribution in [2.45, 2.75) is 6.92 Å². The van der Waals surface area contributed by atoms with Crippen molar-refractivity contribution < 1.29 is 0 Å². The summed E-state index contributed by atoms with van der Waals surface area (Å²) in [6.45, 7) is 1.94. The molecule has 21 heavy (non-hydrogen) atoms. The molecule has 104 valence electrons. The van der Waals surface area contributed by atoms with Gasteiger partial charge in [-0.15, -0.1) is 10.2 Å². The second-order valence-electron chi connectivity index (χ2n) is 4.57. The molecule has 0 aliphatic rings. The lowest BCUT2D eigenvalue weighted by Crippen LogP contribution is -1.91. The largest absolute Gasteiger partial charge is 0.282 e. The molecule has 6 nitrogen and oxygen atoms in total. The van der Waals surface area contributed by atoms with E-state index >= 15 is 0 Å². The van der Waals surface area contributed by atoms with Crippen molar-refractivity contribution in [2.24, 2.45) is 0 Å². The molecule has 0 fully saturated rings. The Morgan fingerprint density at radius 2 is 2.14 bits per heavy atom. The quantitative estimate of drug-likeness (QED) is 0.616. The molecular weight excluding hydrogens is 308 g/mol. The zero-order valence-corrected chi connectivity index (χ0v) is 12.5. The monoisotopic (exact) mass is 316 g/mol. The maximum Gasteiger partial charge on any atom is 0.235 e. The smallest absolute Gasteiger partial charge is 0.235 e. The second-order valence-corrected chi connectivity index (χ2v) is 5.96. The molecule has 0 aliphatic heterocycles. The van der Waals surface area contributed by atoms with Crippen LogP contribution in [0.15, 0.2) is 30.3 Å². The summed E-state index contributed by atoms with van der Waals surface area (Å²) in [4.78, 5) is 0.723. The average molecular weight is 317 g/mol. The van der Waals surface area contributed by atoms with Crippen molar-refractivity contribution in [3.05, 3.63) is 41.0 Å². The molecule has 0 amide bonds. The van der Waals surface area contributed by atoms with Crippen LogP contribution in [0.2, 0.25) is 5.02 Å². The van der Waals surface area contributed by atoms with E-state index < -0.39 is 0 Å². The van der Waals surface area contributed by atoms with Gasteiger partial charge < -0.3 is 0 Å². The van der Waals surface area contributed by atoms with Crippen molar-refractivity contribution in [3.8, 4) is 22.1 Å².